The number of hydrogen-bond acceptors (Lipinski definition) is 7. The van der Waals surface area contributed by atoms with E-state index in [0.29, 0.717) is 37.6 Å². The van der Waals surface area contributed by atoms with Crippen LogP contribution < -0.4 is 16.1 Å². The number of rotatable bonds is 5. The maximum atomic E-state index is 13.0. The summed E-state index contributed by atoms with van der Waals surface area (Å²) in [6.07, 6.45) is 3.35. The van der Waals surface area contributed by atoms with Crippen LogP contribution in [0.3, 0.4) is 0 Å². The fourth-order valence-electron chi connectivity index (χ4n) is 3.43. The number of amides is 1. The zero-order valence-corrected chi connectivity index (χ0v) is 16.9. The fourth-order valence-corrected chi connectivity index (χ4v) is 4.23. The number of pyridine rings is 1. The Hall–Kier alpha value is -3.01. The van der Waals surface area contributed by atoms with Crippen molar-refractivity contribution in [3.8, 4) is 0 Å². The van der Waals surface area contributed by atoms with Gasteiger partial charge in [0.2, 0.25) is 0 Å². The molecule has 0 unspecified atom stereocenters. The molecule has 0 aromatic carbocycles. The molecule has 1 fully saturated rings. The summed E-state index contributed by atoms with van der Waals surface area (Å²) in [6, 6.07) is 5.75. The zero-order valence-electron chi connectivity index (χ0n) is 16.1. The van der Waals surface area contributed by atoms with Crippen LogP contribution in [0.5, 0.6) is 0 Å². The Morgan fingerprint density at radius 1 is 1.21 bits per heavy atom. The third-order valence-corrected chi connectivity index (χ3v) is 5.92. The molecule has 9 nitrogen and oxygen atoms in total. The third kappa shape index (κ3) is 3.67. The first-order chi connectivity index (χ1) is 14.1. The molecular formula is C19H22N6O3S. The first-order valence-corrected chi connectivity index (χ1v) is 10.4. The molecule has 1 aliphatic rings. The van der Waals surface area contributed by atoms with E-state index in [1.807, 2.05) is 25.1 Å². The minimum Gasteiger partial charge on any atom is -0.353 e. The third-order valence-electron chi connectivity index (χ3n) is 5.09. The second-order valence-electron chi connectivity index (χ2n) is 6.94. The van der Waals surface area contributed by atoms with Crippen LogP contribution in [-0.2, 0) is 6.54 Å². The van der Waals surface area contributed by atoms with Crippen molar-refractivity contribution < 1.29 is 4.79 Å². The van der Waals surface area contributed by atoms with E-state index in [9.17, 15) is 14.4 Å². The minimum atomic E-state index is -0.495. The van der Waals surface area contributed by atoms with Crippen molar-refractivity contribution >= 4 is 34.3 Å². The molecule has 1 N–H and O–H groups in total. The molecule has 0 bridgehead atoms. The average molecular weight is 414 g/mol. The number of nitrogens with zero attached hydrogens (tertiary/aromatic N) is 5. The lowest BCUT2D eigenvalue weighted by molar-refractivity contribution is 0.0753. The van der Waals surface area contributed by atoms with E-state index in [1.54, 1.807) is 11.1 Å². The van der Waals surface area contributed by atoms with Gasteiger partial charge < -0.3 is 14.8 Å². The summed E-state index contributed by atoms with van der Waals surface area (Å²) in [5.41, 5.74) is -0.534. The summed E-state index contributed by atoms with van der Waals surface area (Å²) >= 11 is 0.967. The Morgan fingerprint density at radius 2 is 2.00 bits per heavy atom. The molecule has 0 aliphatic carbocycles. The molecule has 1 aliphatic heterocycles. The SMILES string of the molecule is CCCCn1c(=O)[nH]c2c(C(=O)N3CCN(c4ccccn4)CC3)snc2c1=O. The zero-order chi connectivity index (χ0) is 20.4. The van der Waals surface area contributed by atoms with Crippen LogP contribution in [0.25, 0.3) is 11.0 Å². The van der Waals surface area contributed by atoms with Gasteiger partial charge in [-0.05, 0) is 30.1 Å². The van der Waals surface area contributed by atoms with E-state index >= 15 is 0 Å². The number of aromatic amines is 1. The van der Waals surface area contributed by atoms with Gasteiger partial charge in [-0.25, -0.2) is 9.78 Å². The van der Waals surface area contributed by atoms with Crippen LogP contribution in [0.4, 0.5) is 5.82 Å². The van der Waals surface area contributed by atoms with Crippen LogP contribution in [0.15, 0.2) is 34.0 Å². The number of H-pyrrole nitrogens is 1. The van der Waals surface area contributed by atoms with Crippen LogP contribution >= 0.6 is 11.5 Å². The average Bonchev–Trinajstić information content (AvgIpc) is 3.18. The topological polar surface area (TPSA) is 104 Å². The van der Waals surface area contributed by atoms with Gasteiger partial charge in [0.1, 0.15) is 10.7 Å². The predicted octanol–water partition coefficient (Wildman–Crippen LogP) is 1.30. The number of carbonyl (C=O) groups is 1. The van der Waals surface area contributed by atoms with Crippen molar-refractivity contribution in [2.45, 2.75) is 26.3 Å². The molecule has 0 radical (unpaired) electrons. The molecule has 29 heavy (non-hydrogen) atoms. The molecule has 0 saturated carbocycles. The molecule has 10 heteroatoms. The molecular weight excluding hydrogens is 392 g/mol. The molecule has 3 aromatic rings. The maximum Gasteiger partial charge on any atom is 0.328 e. The molecule has 3 aromatic heterocycles. The number of fused-ring (bicyclic) bond motifs is 1. The molecule has 0 spiro atoms. The number of unbranched alkanes of at least 4 members (excludes halogenated alkanes) is 1. The summed E-state index contributed by atoms with van der Waals surface area (Å²) in [7, 11) is 0. The Bertz CT molecular complexity index is 1130. The van der Waals surface area contributed by atoms with Gasteiger partial charge in [0.05, 0.1) is 5.52 Å². The Balaban J connectivity index is 1.55. The predicted molar refractivity (Wildman–Crippen MR) is 112 cm³/mol. The van der Waals surface area contributed by atoms with E-state index in [-0.39, 0.29) is 16.9 Å². The van der Waals surface area contributed by atoms with Crippen molar-refractivity contribution in [2.75, 3.05) is 31.1 Å². The number of piperazine rings is 1. The van der Waals surface area contributed by atoms with Gasteiger partial charge in [0, 0.05) is 38.9 Å². The highest BCUT2D eigenvalue weighted by Gasteiger charge is 2.27. The quantitative estimate of drug-likeness (QED) is 0.675. The lowest BCUT2D eigenvalue weighted by Gasteiger charge is -2.35. The first-order valence-electron chi connectivity index (χ1n) is 9.68. The highest BCUT2D eigenvalue weighted by molar-refractivity contribution is 7.09. The largest absolute Gasteiger partial charge is 0.353 e. The fraction of sp³-hybridized carbons (Fsp3) is 0.421. The van der Waals surface area contributed by atoms with E-state index in [2.05, 4.69) is 19.2 Å². The Labute approximate surface area is 170 Å². The molecule has 0 atom stereocenters. The summed E-state index contributed by atoms with van der Waals surface area (Å²) in [6.45, 7) is 4.74. The second kappa shape index (κ2) is 8.16. The smallest absolute Gasteiger partial charge is 0.328 e. The molecule has 4 heterocycles. The molecule has 152 valence electrons. The standard InChI is InChI=1S/C19H22N6O3S/c1-2-3-8-25-17(26)15-14(21-19(25)28)16(29-22-15)18(27)24-11-9-23(10-12-24)13-6-4-5-7-20-13/h4-7H,2-3,8-12H2,1H3,(H,21,28). The molecule has 1 saturated heterocycles. The number of nitrogens with one attached hydrogen (secondary N) is 1. The van der Waals surface area contributed by atoms with E-state index in [4.69, 9.17) is 0 Å². The Kier molecular flexibility index (Phi) is 5.43. The van der Waals surface area contributed by atoms with E-state index in [1.165, 1.54) is 0 Å². The normalized spacial score (nSPS) is 14.5. The van der Waals surface area contributed by atoms with Crippen molar-refractivity contribution in [2.24, 2.45) is 0 Å². The highest BCUT2D eigenvalue weighted by Crippen LogP contribution is 2.21. The maximum absolute atomic E-state index is 13.0. The van der Waals surface area contributed by atoms with Crippen molar-refractivity contribution in [1.29, 1.82) is 0 Å². The number of carbonyl (C=O) groups excluding carboxylic acids is 1. The van der Waals surface area contributed by atoms with Crippen molar-refractivity contribution in [1.82, 2.24) is 23.8 Å². The monoisotopic (exact) mass is 414 g/mol. The van der Waals surface area contributed by atoms with Crippen molar-refractivity contribution in [3.05, 3.63) is 50.1 Å². The van der Waals surface area contributed by atoms with Gasteiger partial charge in [-0.3, -0.25) is 14.2 Å². The summed E-state index contributed by atoms with van der Waals surface area (Å²) in [5.74, 6) is 0.680. The lowest BCUT2D eigenvalue weighted by atomic mass is 10.2. The van der Waals surface area contributed by atoms with Gasteiger partial charge in [-0.2, -0.15) is 4.37 Å². The van der Waals surface area contributed by atoms with Crippen LogP contribution in [0.1, 0.15) is 29.4 Å². The van der Waals surface area contributed by atoms with E-state index < -0.39 is 11.2 Å². The Morgan fingerprint density at radius 3 is 2.69 bits per heavy atom. The van der Waals surface area contributed by atoms with E-state index in [0.717, 1.165) is 34.8 Å². The number of hydrogen-bond donors (Lipinski definition) is 1. The van der Waals surface area contributed by atoms with Crippen LogP contribution in [0, 0.1) is 0 Å². The molecule has 4 rings (SSSR count). The summed E-state index contributed by atoms with van der Waals surface area (Å²) in [4.78, 5) is 49.2. The van der Waals surface area contributed by atoms with Crippen molar-refractivity contribution in [3.63, 3.8) is 0 Å². The highest BCUT2D eigenvalue weighted by atomic mass is 32.1. The lowest BCUT2D eigenvalue weighted by Crippen LogP contribution is -2.49. The van der Waals surface area contributed by atoms with Gasteiger partial charge in [-0.1, -0.05) is 19.4 Å². The summed E-state index contributed by atoms with van der Waals surface area (Å²) in [5, 5.41) is 0. The molecule has 1 amide bonds. The van der Waals surface area contributed by atoms with Gasteiger partial charge in [0.25, 0.3) is 11.5 Å². The van der Waals surface area contributed by atoms with Crippen LogP contribution in [0.2, 0.25) is 0 Å². The van der Waals surface area contributed by atoms with Gasteiger partial charge in [-0.15, -0.1) is 0 Å². The number of anilines is 1. The van der Waals surface area contributed by atoms with Gasteiger partial charge >= 0.3 is 5.69 Å². The number of aromatic nitrogens is 4. The van der Waals surface area contributed by atoms with Gasteiger partial charge in [0.15, 0.2) is 5.52 Å². The first kappa shape index (κ1) is 19.3. The summed E-state index contributed by atoms with van der Waals surface area (Å²) < 4.78 is 5.33. The minimum absolute atomic E-state index is 0.154. The van der Waals surface area contributed by atoms with Crippen LogP contribution in [-0.4, -0.2) is 55.9 Å². The second-order valence-corrected chi connectivity index (χ2v) is 7.72.